The number of nitrogens with two attached hydrogens (primary N) is 1. The molecular formula is C12H17N5O4. The molecular weight excluding hydrogens is 278 g/mol. The first-order chi connectivity index (χ1) is 9.99. The van der Waals surface area contributed by atoms with Crippen molar-refractivity contribution in [2.75, 3.05) is 18.1 Å². The smallest absolute Gasteiger partial charge is 0.312 e. The number of amidine groups is 1. The van der Waals surface area contributed by atoms with Gasteiger partial charge in [-0.3, -0.25) is 10.1 Å². The summed E-state index contributed by atoms with van der Waals surface area (Å²) in [7, 11) is 0. The van der Waals surface area contributed by atoms with Crippen LogP contribution >= 0.6 is 0 Å². The minimum atomic E-state index is -0.562. The second kappa shape index (κ2) is 5.92. The van der Waals surface area contributed by atoms with Crippen LogP contribution in [0.5, 0.6) is 0 Å². The summed E-state index contributed by atoms with van der Waals surface area (Å²) in [6.45, 7) is 2.47. The van der Waals surface area contributed by atoms with Crippen LogP contribution in [-0.4, -0.2) is 45.3 Å². The van der Waals surface area contributed by atoms with E-state index in [0.29, 0.717) is 6.54 Å². The predicted octanol–water partition coefficient (Wildman–Crippen LogP) is 0.291. The highest BCUT2D eigenvalue weighted by molar-refractivity contribution is 5.97. The van der Waals surface area contributed by atoms with Gasteiger partial charge in [-0.05, 0) is 12.3 Å². The van der Waals surface area contributed by atoms with Crippen LogP contribution in [0.15, 0.2) is 17.4 Å². The summed E-state index contributed by atoms with van der Waals surface area (Å²) in [5.41, 5.74) is 5.36. The molecule has 9 heteroatoms. The minimum Gasteiger partial charge on any atom is -0.409 e. The van der Waals surface area contributed by atoms with Crippen LogP contribution in [0.3, 0.4) is 0 Å². The molecule has 1 aliphatic heterocycles. The zero-order chi connectivity index (χ0) is 15.6. The van der Waals surface area contributed by atoms with Crippen LogP contribution in [-0.2, 0) is 0 Å². The molecule has 1 fully saturated rings. The van der Waals surface area contributed by atoms with Gasteiger partial charge < -0.3 is 20.9 Å². The van der Waals surface area contributed by atoms with Gasteiger partial charge in [0.05, 0.1) is 17.6 Å². The fraction of sp³-hybridized carbons (Fsp3) is 0.500. The van der Waals surface area contributed by atoms with Crippen LogP contribution < -0.4 is 10.6 Å². The maximum absolute atomic E-state index is 11.3. The Kier molecular flexibility index (Phi) is 4.22. The van der Waals surface area contributed by atoms with Gasteiger partial charge in [-0.1, -0.05) is 12.1 Å². The summed E-state index contributed by atoms with van der Waals surface area (Å²) >= 11 is 0. The van der Waals surface area contributed by atoms with E-state index in [1.54, 1.807) is 4.90 Å². The summed E-state index contributed by atoms with van der Waals surface area (Å²) in [6, 6.07) is 1.01. The molecule has 21 heavy (non-hydrogen) atoms. The Hall–Kier alpha value is -2.42. The normalized spacial score (nSPS) is 22.6. The summed E-state index contributed by atoms with van der Waals surface area (Å²) in [4.78, 5) is 16.5. The highest BCUT2D eigenvalue weighted by Crippen LogP contribution is 2.34. The maximum Gasteiger partial charge on any atom is 0.312 e. The average Bonchev–Trinajstić information content (AvgIpc) is 2.86. The van der Waals surface area contributed by atoms with Crippen LogP contribution in [0.2, 0.25) is 0 Å². The number of aliphatic hydroxyl groups excluding tert-OH is 1. The zero-order valence-corrected chi connectivity index (χ0v) is 11.5. The van der Waals surface area contributed by atoms with E-state index >= 15 is 0 Å². The lowest BCUT2D eigenvalue weighted by atomic mass is 10.0. The monoisotopic (exact) mass is 295 g/mol. The molecule has 114 valence electrons. The second-order valence-electron chi connectivity index (χ2n) is 5.02. The Balaban J connectivity index is 2.46. The van der Waals surface area contributed by atoms with Gasteiger partial charge in [0.2, 0.25) is 5.82 Å². The molecule has 0 aromatic carbocycles. The number of anilines is 1. The maximum atomic E-state index is 11.3. The predicted molar refractivity (Wildman–Crippen MR) is 75.4 cm³/mol. The van der Waals surface area contributed by atoms with Gasteiger partial charge in [0.15, 0.2) is 5.84 Å². The molecule has 1 aromatic heterocycles. The highest BCUT2D eigenvalue weighted by Gasteiger charge is 2.35. The lowest BCUT2D eigenvalue weighted by molar-refractivity contribution is -0.384. The molecule has 2 heterocycles. The Labute approximate surface area is 120 Å². The number of rotatable bonds is 4. The van der Waals surface area contributed by atoms with Crippen molar-refractivity contribution in [1.29, 1.82) is 0 Å². The summed E-state index contributed by atoms with van der Waals surface area (Å²) in [5, 5.41) is 32.2. The number of hydrogen-bond acceptors (Lipinski definition) is 7. The Morgan fingerprint density at radius 1 is 1.71 bits per heavy atom. The number of hydrogen-bond donors (Lipinski definition) is 3. The number of nitrogens with zero attached hydrogens (tertiary/aromatic N) is 4. The van der Waals surface area contributed by atoms with Gasteiger partial charge in [-0.15, -0.1) is 0 Å². The molecule has 0 amide bonds. The lowest BCUT2D eigenvalue weighted by Crippen LogP contribution is -2.36. The lowest BCUT2D eigenvalue weighted by Gasteiger charge is -2.25. The Bertz CT molecular complexity index is 577. The first kappa shape index (κ1) is 15.0. The van der Waals surface area contributed by atoms with E-state index in [1.807, 2.05) is 6.92 Å². The molecule has 0 spiro atoms. The van der Waals surface area contributed by atoms with Gasteiger partial charge in [-0.25, -0.2) is 4.98 Å². The van der Waals surface area contributed by atoms with Gasteiger partial charge in [-0.2, -0.15) is 0 Å². The third kappa shape index (κ3) is 2.72. The van der Waals surface area contributed by atoms with Gasteiger partial charge in [0.25, 0.3) is 0 Å². The molecule has 0 radical (unpaired) electrons. The van der Waals surface area contributed by atoms with Crippen molar-refractivity contribution in [3.8, 4) is 0 Å². The first-order valence-corrected chi connectivity index (χ1v) is 6.49. The molecule has 0 saturated carbocycles. The van der Waals surface area contributed by atoms with Crippen LogP contribution in [0.25, 0.3) is 0 Å². The van der Waals surface area contributed by atoms with Crippen molar-refractivity contribution in [1.82, 2.24) is 4.98 Å². The van der Waals surface area contributed by atoms with E-state index in [2.05, 4.69) is 10.1 Å². The second-order valence-corrected chi connectivity index (χ2v) is 5.02. The molecule has 1 aromatic rings. The summed E-state index contributed by atoms with van der Waals surface area (Å²) in [6.07, 6.45) is 2.14. The molecule has 0 bridgehead atoms. The minimum absolute atomic E-state index is 0.0952. The van der Waals surface area contributed by atoms with Gasteiger partial charge >= 0.3 is 5.69 Å². The molecule has 1 saturated heterocycles. The molecule has 0 aliphatic carbocycles. The topological polar surface area (TPSA) is 138 Å². The first-order valence-electron chi connectivity index (χ1n) is 6.49. The van der Waals surface area contributed by atoms with E-state index < -0.39 is 4.92 Å². The molecule has 9 nitrogen and oxygen atoms in total. The fourth-order valence-corrected chi connectivity index (χ4v) is 2.55. The molecule has 1 aliphatic rings. The number of oxime groups is 1. The average molecular weight is 295 g/mol. The number of nitro groups is 1. The van der Waals surface area contributed by atoms with Crippen LogP contribution in [0, 0.1) is 16.0 Å². The number of aliphatic hydroxyl groups is 1. The molecule has 2 rings (SSSR count). The quantitative estimate of drug-likeness (QED) is 0.238. The zero-order valence-electron chi connectivity index (χ0n) is 11.5. The standard InChI is InChI=1S/C12H17N5O4/c1-7-2-3-16(10(7)6-18)12-9(17(20)21)4-8(5-14-12)11(13)15-19/h4-5,7,10,18-19H,2-3,6H2,1H3,(H2,13,15). The van der Waals surface area contributed by atoms with Crippen molar-refractivity contribution in [2.24, 2.45) is 16.8 Å². The van der Waals surface area contributed by atoms with E-state index in [4.69, 9.17) is 10.9 Å². The van der Waals surface area contributed by atoms with Crippen molar-refractivity contribution in [3.05, 3.63) is 27.9 Å². The van der Waals surface area contributed by atoms with E-state index in [0.717, 1.165) is 6.42 Å². The van der Waals surface area contributed by atoms with Crippen molar-refractivity contribution in [2.45, 2.75) is 19.4 Å². The Morgan fingerprint density at radius 3 is 3.00 bits per heavy atom. The molecule has 4 N–H and O–H groups in total. The molecule has 2 unspecified atom stereocenters. The largest absolute Gasteiger partial charge is 0.409 e. The van der Waals surface area contributed by atoms with Gasteiger partial charge in [0.1, 0.15) is 0 Å². The third-order valence-electron chi connectivity index (χ3n) is 3.79. The van der Waals surface area contributed by atoms with Crippen LogP contribution in [0.4, 0.5) is 11.5 Å². The summed E-state index contributed by atoms with van der Waals surface area (Å²) in [5.74, 6) is 0.170. The van der Waals surface area contributed by atoms with E-state index in [1.165, 1.54) is 12.3 Å². The fourth-order valence-electron chi connectivity index (χ4n) is 2.55. The Morgan fingerprint density at radius 2 is 2.43 bits per heavy atom. The van der Waals surface area contributed by atoms with Gasteiger partial charge in [0, 0.05) is 24.4 Å². The highest BCUT2D eigenvalue weighted by atomic mass is 16.6. The molecule has 2 atom stereocenters. The number of aromatic nitrogens is 1. The van der Waals surface area contributed by atoms with E-state index in [-0.39, 0.29) is 41.5 Å². The van der Waals surface area contributed by atoms with Crippen LogP contribution in [0.1, 0.15) is 18.9 Å². The SMILES string of the molecule is CC1CCN(c2ncc(C(N)=NO)cc2[N+](=O)[O-])C1CO. The summed E-state index contributed by atoms with van der Waals surface area (Å²) < 4.78 is 0. The van der Waals surface area contributed by atoms with Crippen molar-refractivity contribution < 1.29 is 15.2 Å². The number of pyridine rings is 1. The van der Waals surface area contributed by atoms with Crippen molar-refractivity contribution >= 4 is 17.3 Å². The van der Waals surface area contributed by atoms with Crippen molar-refractivity contribution in [3.63, 3.8) is 0 Å². The van der Waals surface area contributed by atoms with E-state index in [9.17, 15) is 15.2 Å². The third-order valence-corrected chi connectivity index (χ3v) is 3.79.